The lowest BCUT2D eigenvalue weighted by atomic mass is 10.2. The van der Waals surface area contributed by atoms with E-state index in [2.05, 4.69) is 29.3 Å². The Bertz CT molecular complexity index is 302. The van der Waals surface area contributed by atoms with Gasteiger partial charge in [-0.05, 0) is 39.2 Å². The first-order valence-corrected chi connectivity index (χ1v) is 5.59. The molecule has 1 rings (SSSR count). The van der Waals surface area contributed by atoms with E-state index in [-0.39, 0.29) is 0 Å². The van der Waals surface area contributed by atoms with E-state index in [9.17, 15) is 0 Å². The molecule has 0 amide bonds. The molecule has 0 aliphatic heterocycles. The van der Waals surface area contributed by atoms with Gasteiger partial charge in [0.2, 0.25) is 5.88 Å². The zero-order valence-corrected chi connectivity index (χ0v) is 10.4. The number of nitrogens with one attached hydrogen (secondary N) is 1. The van der Waals surface area contributed by atoms with Gasteiger partial charge in [0.05, 0.1) is 6.61 Å². The SMILES string of the molecule is CNCc1ccnc(OCCCN(C)C)c1. The molecule has 1 heterocycles. The Kier molecular flexibility index (Phi) is 5.82. The lowest BCUT2D eigenvalue weighted by molar-refractivity contribution is 0.273. The van der Waals surface area contributed by atoms with Crippen LogP contribution in [0.4, 0.5) is 0 Å². The minimum Gasteiger partial charge on any atom is -0.478 e. The summed E-state index contributed by atoms with van der Waals surface area (Å²) in [5, 5.41) is 3.10. The van der Waals surface area contributed by atoms with Gasteiger partial charge in [-0.1, -0.05) is 0 Å². The fourth-order valence-electron chi connectivity index (χ4n) is 1.40. The predicted molar refractivity (Wildman–Crippen MR) is 65.7 cm³/mol. The molecule has 0 saturated heterocycles. The highest BCUT2D eigenvalue weighted by atomic mass is 16.5. The van der Waals surface area contributed by atoms with Crippen LogP contribution in [0.5, 0.6) is 5.88 Å². The third kappa shape index (κ3) is 5.09. The maximum Gasteiger partial charge on any atom is 0.213 e. The van der Waals surface area contributed by atoms with Crippen molar-refractivity contribution in [1.82, 2.24) is 15.2 Å². The molecule has 0 aliphatic carbocycles. The van der Waals surface area contributed by atoms with Crippen molar-refractivity contribution < 1.29 is 4.74 Å². The molecule has 90 valence electrons. The Hall–Kier alpha value is -1.13. The van der Waals surface area contributed by atoms with Crippen molar-refractivity contribution in [1.29, 1.82) is 0 Å². The molecule has 0 unspecified atom stereocenters. The summed E-state index contributed by atoms with van der Waals surface area (Å²) in [6, 6.07) is 3.97. The van der Waals surface area contributed by atoms with Gasteiger partial charge in [-0.3, -0.25) is 0 Å². The second-order valence-corrected chi connectivity index (χ2v) is 4.04. The summed E-state index contributed by atoms with van der Waals surface area (Å²) in [5.41, 5.74) is 1.19. The first-order valence-electron chi connectivity index (χ1n) is 5.59. The molecule has 0 bridgehead atoms. The summed E-state index contributed by atoms with van der Waals surface area (Å²) in [6.07, 6.45) is 2.80. The molecule has 1 N–H and O–H groups in total. The Balaban J connectivity index is 2.33. The Morgan fingerprint density at radius 2 is 2.25 bits per heavy atom. The van der Waals surface area contributed by atoms with Gasteiger partial charge in [0, 0.05) is 25.4 Å². The van der Waals surface area contributed by atoms with Gasteiger partial charge in [0.1, 0.15) is 0 Å². The second kappa shape index (κ2) is 7.19. The molecule has 4 heteroatoms. The van der Waals surface area contributed by atoms with E-state index in [1.807, 2.05) is 19.2 Å². The van der Waals surface area contributed by atoms with Crippen molar-refractivity contribution in [2.45, 2.75) is 13.0 Å². The van der Waals surface area contributed by atoms with Crippen LogP contribution in [0.3, 0.4) is 0 Å². The van der Waals surface area contributed by atoms with Crippen LogP contribution in [-0.2, 0) is 6.54 Å². The van der Waals surface area contributed by atoms with Crippen molar-refractivity contribution in [3.63, 3.8) is 0 Å². The van der Waals surface area contributed by atoms with Crippen LogP contribution in [-0.4, -0.2) is 44.2 Å². The van der Waals surface area contributed by atoms with E-state index >= 15 is 0 Å². The van der Waals surface area contributed by atoms with Gasteiger partial charge in [0.15, 0.2) is 0 Å². The van der Waals surface area contributed by atoms with Gasteiger partial charge >= 0.3 is 0 Å². The number of nitrogens with zero attached hydrogens (tertiary/aromatic N) is 2. The number of hydrogen-bond donors (Lipinski definition) is 1. The molecule has 0 fully saturated rings. The Labute approximate surface area is 97.6 Å². The average molecular weight is 223 g/mol. The van der Waals surface area contributed by atoms with Crippen molar-refractivity contribution in [3.05, 3.63) is 23.9 Å². The summed E-state index contributed by atoms with van der Waals surface area (Å²) < 4.78 is 5.58. The molecule has 16 heavy (non-hydrogen) atoms. The number of ether oxygens (including phenoxy) is 1. The van der Waals surface area contributed by atoms with Crippen LogP contribution in [0, 0.1) is 0 Å². The molecule has 1 aromatic rings. The smallest absolute Gasteiger partial charge is 0.213 e. The minimum atomic E-state index is 0.714. The van der Waals surface area contributed by atoms with Gasteiger partial charge in [-0.25, -0.2) is 4.98 Å². The number of hydrogen-bond acceptors (Lipinski definition) is 4. The van der Waals surface area contributed by atoms with E-state index in [0.29, 0.717) is 12.5 Å². The normalized spacial score (nSPS) is 10.8. The molecule has 0 radical (unpaired) electrons. The van der Waals surface area contributed by atoms with E-state index < -0.39 is 0 Å². The van der Waals surface area contributed by atoms with E-state index in [1.54, 1.807) is 6.20 Å². The van der Waals surface area contributed by atoms with Gasteiger partial charge in [-0.2, -0.15) is 0 Å². The third-order valence-electron chi connectivity index (χ3n) is 2.18. The third-order valence-corrected chi connectivity index (χ3v) is 2.18. The topological polar surface area (TPSA) is 37.4 Å². The quantitative estimate of drug-likeness (QED) is 0.703. The fourth-order valence-corrected chi connectivity index (χ4v) is 1.40. The van der Waals surface area contributed by atoms with Gasteiger partial charge < -0.3 is 15.0 Å². The number of rotatable bonds is 7. The highest BCUT2D eigenvalue weighted by Gasteiger charge is 1.98. The largest absolute Gasteiger partial charge is 0.478 e. The number of pyridine rings is 1. The van der Waals surface area contributed by atoms with Crippen molar-refractivity contribution >= 4 is 0 Å². The average Bonchev–Trinajstić information content (AvgIpc) is 2.25. The summed E-state index contributed by atoms with van der Waals surface area (Å²) in [4.78, 5) is 6.32. The summed E-state index contributed by atoms with van der Waals surface area (Å²) >= 11 is 0. The van der Waals surface area contributed by atoms with E-state index in [1.165, 1.54) is 5.56 Å². The molecule has 4 nitrogen and oxygen atoms in total. The van der Waals surface area contributed by atoms with Gasteiger partial charge in [-0.15, -0.1) is 0 Å². The van der Waals surface area contributed by atoms with Gasteiger partial charge in [0.25, 0.3) is 0 Å². The molecular weight excluding hydrogens is 202 g/mol. The predicted octanol–water partition coefficient (Wildman–Crippen LogP) is 1.13. The maximum atomic E-state index is 5.58. The molecule has 1 aromatic heterocycles. The lowest BCUT2D eigenvalue weighted by Crippen LogP contribution is -2.15. The Morgan fingerprint density at radius 3 is 2.94 bits per heavy atom. The van der Waals surface area contributed by atoms with Crippen molar-refractivity contribution in [3.8, 4) is 5.88 Å². The summed E-state index contributed by atoms with van der Waals surface area (Å²) in [7, 11) is 6.05. The molecular formula is C12H21N3O. The van der Waals surface area contributed by atoms with Crippen molar-refractivity contribution in [2.75, 3.05) is 34.3 Å². The molecule has 0 spiro atoms. The van der Waals surface area contributed by atoms with Crippen LogP contribution in [0.25, 0.3) is 0 Å². The standard InChI is InChI=1S/C12H21N3O/c1-13-10-11-5-6-14-12(9-11)16-8-4-7-15(2)3/h5-6,9,13H,4,7-8,10H2,1-3H3. The van der Waals surface area contributed by atoms with Crippen LogP contribution in [0.15, 0.2) is 18.3 Å². The molecule has 0 saturated carbocycles. The lowest BCUT2D eigenvalue weighted by Gasteiger charge is -2.10. The summed E-state index contributed by atoms with van der Waals surface area (Å²) in [5.74, 6) is 0.714. The monoisotopic (exact) mass is 223 g/mol. The fraction of sp³-hybridized carbons (Fsp3) is 0.583. The molecule has 0 aliphatic rings. The first-order chi connectivity index (χ1) is 7.72. The minimum absolute atomic E-state index is 0.714. The maximum absolute atomic E-state index is 5.58. The van der Waals surface area contributed by atoms with Crippen LogP contribution < -0.4 is 10.1 Å². The zero-order chi connectivity index (χ0) is 11.8. The van der Waals surface area contributed by atoms with E-state index in [0.717, 1.165) is 19.5 Å². The second-order valence-electron chi connectivity index (χ2n) is 4.04. The van der Waals surface area contributed by atoms with E-state index in [4.69, 9.17) is 4.74 Å². The van der Waals surface area contributed by atoms with Crippen LogP contribution in [0.2, 0.25) is 0 Å². The van der Waals surface area contributed by atoms with Crippen LogP contribution >= 0.6 is 0 Å². The zero-order valence-electron chi connectivity index (χ0n) is 10.4. The van der Waals surface area contributed by atoms with Crippen molar-refractivity contribution in [2.24, 2.45) is 0 Å². The highest BCUT2D eigenvalue weighted by molar-refractivity contribution is 5.20. The first kappa shape index (κ1) is 12.9. The molecule has 0 aromatic carbocycles. The highest BCUT2D eigenvalue weighted by Crippen LogP contribution is 2.09. The Morgan fingerprint density at radius 1 is 1.44 bits per heavy atom. The number of aromatic nitrogens is 1. The molecule has 0 atom stereocenters. The van der Waals surface area contributed by atoms with Crippen LogP contribution in [0.1, 0.15) is 12.0 Å². The summed E-state index contributed by atoms with van der Waals surface area (Å²) in [6.45, 7) is 2.60.